The molecule has 2 aromatic carbocycles. The van der Waals surface area contributed by atoms with Crippen LogP contribution in [0.2, 0.25) is 0 Å². The summed E-state index contributed by atoms with van der Waals surface area (Å²) in [7, 11) is -3.99. The summed E-state index contributed by atoms with van der Waals surface area (Å²) in [5, 5.41) is 13.6. The molecule has 0 unspecified atom stereocenters. The number of H-pyrrole nitrogens is 1. The Morgan fingerprint density at radius 1 is 1.06 bits per heavy atom. The van der Waals surface area contributed by atoms with E-state index in [4.69, 9.17) is 8.94 Å². The lowest BCUT2D eigenvalue weighted by molar-refractivity contribution is 0.430. The summed E-state index contributed by atoms with van der Waals surface area (Å²) < 4.78 is 39.9. The Bertz CT molecular complexity index is 1560. The molecule has 0 aliphatic carbocycles. The second-order valence-electron chi connectivity index (χ2n) is 7.72. The van der Waals surface area contributed by atoms with Crippen LogP contribution in [-0.2, 0) is 16.6 Å². The van der Waals surface area contributed by atoms with Crippen LogP contribution in [-0.4, -0.2) is 33.7 Å². The molecule has 178 valence electrons. The van der Waals surface area contributed by atoms with Crippen molar-refractivity contribution in [3.63, 3.8) is 0 Å². The average molecular weight is 492 g/mol. The third kappa shape index (κ3) is 4.51. The van der Waals surface area contributed by atoms with Crippen molar-refractivity contribution >= 4 is 21.9 Å². The highest BCUT2D eigenvalue weighted by atomic mass is 32.2. The molecule has 5 rings (SSSR count). The van der Waals surface area contributed by atoms with E-state index in [0.717, 1.165) is 11.1 Å². The first-order chi connectivity index (χ1) is 16.9. The van der Waals surface area contributed by atoms with Gasteiger partial charge in [0.05, 0.1) is 16.8 Å². The summed E-state index contributed by atoms with van der Waals surface area (Å²) in [5.41, 5.74) is 4.00. The molecule has 0 radical (unpaired) electrons. The molecule has 3 heterocycles. The van der Waals surface area contributed by atoms with E-state index in [1.54, 1.807) is 44.3 Å². The minimum atomic E-state index is -3.99. The Kier molecular flexibility index (Phi) is 5.79. The monoisotopic (exact) mass is 491 g/mol. The van der Waals surface area contributed by atoms with Crippen LogP contribution in [0.4, 0.5) is 11.8 Å². The van der Waals surface area contributed by atoms with Gasteiger partial charge in [-0.2, -0.15) is 5.10 Å². The van der Waals surface area contributed by atoms with Crippen LogP contribution >= 0.6 is 0 Å². The maximum Gasteiger partial charge on any atom is 0.264 e. The standard InChI is InChI=1S/C23H21N7O4S/c1-14-15(2)29-34-21(14)30-35(31,32)20-6-4-3-5-19(20)18-8-7-16(22-24-9-10-33-22)11-17(18)12-25-23-26-13-27-28-23/h3-11,13,30H,12H2,1-2H3,(H2,25,26,27,28). The van der Waals surface area contributed by atoms with E-state index in [9.17, 15) is 8.42 Å². The fourth-order valence-electron chi connectivity index (χ4n) is 3.58. The van der Waals surface area contributed by atoms with E-state index in [1.165, 1.54) is 12.6 Å². The van der Waals surface area contributed by atoms with Crippen molar-refractivity contribution < 1.29 is 17.4 Å². The van der Waals surface area contributed by atoms with Crippen molar-refractivity contribution in [2.75, 3.05) is 10.0 Å². The topological polar surface area (TPSA) is 152 Å². The number of sulfonamides is 1. The molecule has 11 nitrogen and oxygen atoms in total. The maximum absolute atomic E-state index is 13.4. The number of nitrogens with zero attached hydrogens (tertiary/aromatic N) is 4. The minimum Gasteiger partial charge on any atom is -0.445 e. The molecule has 0 saturated carbocycles. The zero-order valence-electron chi connectivity index (χ0n) is 18.8. The number of benzene rings is 2. The van der Waals surface area contributed by atoms with Crippen LogP contribution in [0.25, 0.3) is 22.6 Å². The fourth-order valence-corrected chi connectivity index (χ4v) is 4.85. The van der Waals surface area contributed by atoms with Crippen LogP contribution in [0, 0.1) is 13.8 Å². The zero-order valence-corrected chi connectivity index (χ0v) is 19.6. The predicted molar refractivity (Wildman–Crippen MR) is 128 cm³/mol. The van der Waals surface area contributed by atoms with Crippen LogP contribution in [0.15, 0.2) is 75.1 Å². The van der Waals surface area contributed by atoms with Crippen LogP contribution in [0.1, 0.15) is 16.8 Å². The Morgan fingerprint density at radius 2 is 1.91 bits per heavy atom. The van der Waals surface area contributed by atoms with E-state index in [2.05, 4.69) is 35.4 Å². The zero-order chi connectivity index (χ0) is 24.4. The predicted octanol–water partition coefficient (Wildman–Crippen LogP) is 4.14. The Morgan fingerprint density at radius 3 is 2.63 bits per heavy atom. The van der Waals surface area contributed by atoms with Gasteiger partial charge in [-0.05, 0) is 43.2 Å². The Hall–Kier alpha value is -4.45. The summed E-state index contributed by atoms with van der Waals surface area (Å²) in [6, 6.07) is 12.3. The van der Waals surface area contributed by atoms with Gasteiger partial charge in [-0.15, -0.1) is 0 Å². The van der Waals surface area contributed by atoms with Gasteiger partial charge in [0.2, 0.25) is 17.7 Å². The third-order valence-corrected chi connectivity index (χ3v) is 6.89. The van der Waals surface area contributed by atoms with Gasteiger partial charge in [0.1, 0.15) is 12.6 Å². The largest absolute Gasteiger partial charge is 0.445 e. The number of rotatable bonds is 8. The molecule has 3 aromatic heterocycles. The highest BCUT2D eigenvalue weighted by Crippen LogP contribution is 2.34. The minimum absolute atomic E-state index is 0.0868. The van der Waals surface area contributed by atoms with E-state index < -0.39 is 10.0 Å². The van der Waals surface area contributed by atoms with Gasteiger partial charge < -0.3 is 14.3 Å². The molecule has 0 saturated heterocycles. The Labute approximate surface area is 200 Å². The number of aromatic amines is 1. The SMILES string of the molecule is Cc1noc(NS(=O)(=O)c2ccccc2-c2ccc(-c3ncco3)cc2CNc2ncn[nH]2)c1C. The fraction of sp³-hybridized carbons (Fsp3) is 0.130. The highest BCUT2D eigenvalue weighted by molar-refractivity contribution is 7.92. The molecule has 35 heavy (non-hydrogen) atoms. The van der Waals surface area contributed by atoms with Gasteiger partial charge in [-0.3, -0.25) is 0 Å². The summed E-state index contributed by atoms with van der Waals surface area (Å²) in [4.78, 5) is 8.40. The van der Waals surface area contributed by atoms with Crippen molar-refractivity contribution in [2.45, 2.75) is 25.3 Å². The molecular formula is C23H21N7O4S. The summed E-state index contributed by atoms with van der Waals surface area (Å²) in [6.45, 7) is 3.82. The summed E-state index contributed by atoms with van der Waals surface area (Å²) in [6.07, 6.45) is 4.46. The van der Waals surface area contributed by atoms with Crippen molar-refractivity contribution in [2.24, 2.45) is 0 Å². The molecule has 0 aliphatic heterocycles. The maximum atomic E-state index is 13.4. The number of anilines is 2. The van der Waals surface area contributed by atoms with Gasteiger partial charge in [0.25, 0.3) is 10.0 Å². The number of hydrogen-bond acceptors (Lipinski definition) is 9. The highest BCUT2D eigenvalue weighted by Gasteiger charge is 2.24. The lowest BCUT2D eigenvalue weighted by Crippen LogP contribution is -2.14. The number of aryl methyl sites for hydroxylation is 1. The number of hydrogen-bond donors (Lipinski definition) is 3. The van der Waals surface area contributed by atoms with Crippen molar-refractivity contribution in [3.05, 3.63) is 78.1 Å². The quantitative estimate of drug-likeness (QED) is 0.291. The van der Waals surface area contributed by atoms with Crippen molar-refractivity contribution in [3.8, 4) is 22.6 Å². The summed E-state index contributed by atoms with van der Waals surface area (Å²) >= 11 is 0. The second-order valence-corrected chi connectivity index (χ2v) is 9.37. The molecule has 0 fully saturated rings. The van der Waals surface area contributed by atoms with Gasteiger partial charge in [-0.1, -0.05) is 29.4 Å². The molecule has 0 spiro atoms. The normalized spacial score (nSPS) is 11.5. The molecule has 0 atom stereocenters. The molecule has 0 aliphatic rings. The van der Waals surface area contributed by atoms with Crippen LogP contribution in [0.5, 0.6) is 0 Å². The molecule has 12 heteroatoms. The average Bonchev–Trinajstić information content (AvgIpc) is 3.63. The first kappa shape index (κ1) is 22.3. The van der Waals surface area contributed by atoms with Gasteiger partial charge >= 0.3 is 0 Å². The van der Waals surface area contributed by atoms with E-state index >= 15 is 0 Å². The molecular weight excluding hydrogens is 470 g/mol. The van der Waals surface area contributed by atoms with Gasteiger partial charge in [-0.25, -0.2) is 28.2 Å². The molecule has 5 aromatic rings. The smallest absolute Gasteiger partial charge is 0.264 e. The third-order valence-electron chi connectivity index (χ3n) is 5.50. The van der Waals surface area contributed by atoms with Crippen molar-refractivity contribution in [1.29, 1.82) is 0 Å². The molecule has 3 N–H and O–H groups in total. The van der Waals surface area contributed by atoms with Crippen LogP contribution in [0.3, 0.4) is 0 Å². The van der Waals surface area contributed by atoms with E-state index in [-0.39, 0.29) is 10.8 Å². The van der Waals surface area contributed by atoms with Gasteiger partial charge in [0.15, 0.2) is 0 Å². The molecule has 0 amide bonds. The van der Waals surface area contributed by atoms with Crippen molar-refractivity contribution in [1.82, 2.24) is 25.3 Å². The van der Waals surface area contributed by atoms with E-state index in [0.29, 0.717) is 40.8 Å². The number of aromatic nitrogens is 5. The summed E-state index contributed by atoms with van der Waals surface area (Å²) in [5.74, 6) is 1.02. The number of oxazole rings is 1. The second kappa shape index (κ2) is 9.06. The van der Waals surface area contributed by atoms with E-state index in [1.807, 2.05) is 18.2 Å². The lowest BCUT2D eigenvalue weighted by atomic mass is 9.97. The number of nitrogens with one attached hydrogen (secondary N) is 3. The first-order valence-electron chi connectivity index (χ1n) is 10.6. The first-order valence-corrected chi connectivity index (χ1v) is 12.1. The lowest BCUT2D eigenvalue weighted by Gasteiger charge is -2.16. The Balaban J connectivity index is 1.58. The van der Waals surface area contributed by atoms with Gasteiger partial charge in [0, 0.05) is 23.2 Å². The molecule has 0 bridgehead atoms. The van der Waals surface area contributed by atoms with Crippen LogP contribution < -0.4 is 10.0 Å².